The van der Waals surface area contributed by atoms with Crippen LogP contribution in [-0.4, -0.2) is 15.8 Å². The first-order chi connectivity index (χ1) is 46.2. The van der Waals surface area contributed by atoms with Gasteiger partial charge in [0.1, 0.15) is 22.3 Å². The Hall–Kier alpha value is -11.9. The van der Waals surface area contributed by atoms with Crippen molar-refractivity contribution in [3.05, 3.63) is 303 Å². The fourth-order valence-corrected chi connectivity index (χ4v) is 16.0. The van der Waals surface area contributed by atoms with Crippen molar-refractivity contribution in [3.63, 3.8) is 0 Å². The Bertz CT molecular complexity index is 6100. The van der Waals surface area contributed by atoms with Gasteiger partial charge in [0.15, 0.2) is 0 Å². The van der Waals surface area contributed by atoms with Gasteiger partial charge < -0.3 is 22.9 Å². The molecule has 0 saturated heterocycles. The fourth-order valence-electron chi connectivity index (χ4n) is 16.0. The normalized spacial score (nSPS) is 12.8. The third-order valence-corrected chi connectivity index (χ3v) is 20.4. The molecule has 440 valence electrons. The van der Waals surface area contributed by atoms with Crippen LogP contribution in [0, 0.1) is 0 Å². The molecule has 94 heavy (non-hydrogen) atoms. The van der Waals surface area contributed by atoms with Gasteiger partial charge in [-0.15, -0.1) is 0 Å². The molecule has 18 aromatic rings. The van der Waals surface area contributed by atoms with Crippen molar-refractivity contribution in [1.29, 1.82) is 0 Å². The summed E-state index contributed by atoms with van der Waals surface area (Å²) in [4.78, 5) is 2.71. The molecular weight excluding hydrogens is 1140 g/mol. The molecule has 0 fully saturated rings. The molecule has 0 amide bonds. The molecule has 0 aliphatic carbocycles. The second-order valence-electron chi connectivity index (χ2n) is 26.7. The first kappa shape index (κ1) is 52.9. The maximum absolute atomic E-state index is 6.83. The van der Waals surface area contributed by atoms with Gasteiger partial charge in [-0.2, -0.15) is 0 Å². The summed E-state index contributed by atoms with van der Waals surface area (Å²) >= 11 is 0. The predicted octanol–water partition coefficient (Wildman–Crippen LogP) is 21.9. The van der Waals surface area contributed by atoms with E-state index >= 15 is 0 Å². The van der Waals surface area contributed by atoms with E-state index in [0.29, 0.717) is 0 Å². The summed E-state index contributed by atoms with van der Waals surface area (Å²) in [6.45, 7) is 6.86. The van der Waals surface area contributed by atoms with Gasteiger partial charge in [0.05, 0.1) is 22.2 Å². The highest BCUT2D eigenvalue weighted by molar-refractivity contribution is 7.00. The molecule has 0 saturated carbocycles. The quantitative estimate of drug-likeness (QED) is 0.149. The third kappa shape index (κ3) is 7.77. The summed E-state index contributed by atoms with van der Waals surface area (Å²) in [7, 11) is 0. The average molecular weight is 1200 g/mol. The van der Waals surface area contributed by atoms with Crippen LogP contribution < -0.4 is 21.3 Å². The van der Waals surface area contributed by atoms with Crippen LogP contribution in [0.1, 0.15) is 26.3 Å². The lowest BCUT2D eigenvalue weighted by Crippen LogP contribution is -2.60. The first-order valence-corrected chi connectivity index (χ1v) is 32.7. The van der Waals surface area contributed by atoms with E-state index in [0.717, 1.165) is 144 Å². The van der Waals surface area contributed by atoms with Gasteiger partial charge >= 0.3 is 0 Å². The Morgan fingerprint density at radius 3 is 1.34 bits per heavy atom. The SMILES string of the molecule is CC(C)(C)c1cc(-c2cccc(-c3ccccc3)c2)c(N2c3cc4c5cc6c(cc5n(-c5ccccc5)c4cc3B3c4c2cc(-c2ccccc2)cc4-n2c4cc5oc7ccccc7c5cc4c4cccc3c42)oc2ccccc26)c(-c2cccc(-c3ccccc3)c2)c1. The number of hydrogen-bond acceptors (Lipinski definition) is 3. The van der Waals surface area contributed by atoms with E-state index in [9.17, 15) is 0 Å². The Labute approximate surface area is 543 Å². The second kappa shape index (κ2) is 19.8. The molecule has 6 heterocycles. The summed E-state index contributed by atoms with van der Waals surface area (Å²) in [6, 6.07) is 111. The number of anilines is 3. The van der Waals surface area contributed by atoms with Crippen LogP contribution >= 0.6 is 0 Å². The third-order valence-electron chi connectivity index (χ3n) is 20.4. The van der Waals surface area contributed by atoms with Crippen molar-refractivity contribution >= 4 is 128 Å². The van der Waals surface area contributed by atoms with Gasteiger partial charge in [0, 0.05) is 94.6 Å². The zero-order chi connectivity index (χ0) is 62.1. The molecule has 2 aliphatic rings. The van der Waals surface area contributed by atoms with Gasteiger partial charge in [-0.1, -0.05) is 221 Å². The highest BCUT2D eigenvalue weighted by atomic mass is 16.3. The standard InChI is InChI=1S/C88H58BN3O2/c1-88(2,3)61-45-66(58-31-20-29-56(41-58)53-23-8-4-9-24-53)86(67(46-61)59-32-21-30-57(42-59)54-25-10-5-11-26-54)92-78-49-70-69-48-72-64-36-17-19-40-82(64)93-83(72)51-76(69)90(62-33-14-7-15-34-62)75(70)50-74(78)89-73-38-22-37-65-68-47-71-63-35-16-18-39-81(63)94-84(71)52-77(68)91(87(65)73)79-43-60(44-80(92)85(79)89)55-27-12-6-13-28-55/h4-52H,1-3H3. The Balaban J connectivity index is 0.990. The average Bonchev–Trinajstić information content (AvgIpc) is 1.33. The van der Waals surface area contributed by atoms with E-state index in [-0.39, 0.29) is 12.1 Å². The van der Waals surface area contributed by atoms with Crippen molar-refractivity contribution < 1.29 is 8.83 Å². The smallest absolute Gasteiger partial charge is 0.252 e. The van der Waals surface area contributed by atoms with Crippen LogP contribution in [0.5, 0.6) is 0 Å². The monoisotopic (exact) mass is 1200 g/mol. The summed E-state index contributed by atoms with van der Waals surface area (Å²) in [6.07, 6.45) is 0. The highest BCUT2D eigenvalue weighted by Crippen LogP contribution is 2.53. The molecule has 20 rings (SSSR count). The van der Waals surface area contributed by atoms with Gasteiger partial charge in [0.2, 0.25) is 0 Å². The molecule has 5 nitrogen and oxygen atoms in total. The summed E-state index contributed by atoms with van der Waals surface area (Å²) in [5.41, 5.74) is 29.8. The molecule has 0 N–H and O–H groups in total. The number of fused-ring (bicyclic) bond motifs is 16. The van der Waals surface area contributed by atoms with Crippen LogP contribution in [0.25, 0.3) is 154 Å². The zero-order valence-electron chi connectivity index (χ0n) is 52.0. The minimum atomic E-state index is -0.239. The van der Waals surface area contributed by atoms with E-state index in [1.165, 1.54) is 49.4 Å². The molecule has 6 heteroatoms. The molecule has 0 spiro atoms. The number of para-hydroxylation sites is 4. The lowest BCUT2D eigenvalue weighted by atomic mass is 9.33. The van der Waals surface area contributed by atoms with Crippen molar-refractivity contribution in [2.75, 3.05) is 4.90 Å². The number of nitrogens with zero attached hydrogens (tertiary/aromatic N) is 3. The first-order valence-electron chi connectivity index (χ1n) is 32.7. The topological polar surface area (TPSA) is 39.4 Å². The van der Waals surface area contributed by atoms with E-state index in [1.54, 1.807) is 0 Å². The molecule has 0 bridgehead atoms. The second-order valence-corrected chi connectivity index (χ2v) is 26.7. The minimum Gasteiger partial charge on any atom is -0.456 e. The maximum Gasteiger partial charge on any atom is 0.252 e. The van der Waals surface area contributed by atoms with Gasteiger partial charge in [-0.3, -0.25) is 0 Å². The molecule has 0 radical (unpaired) electrons. The number of rotatable bonds is 7. The molecule has 0 unspecified atom stereocenters. The van der Waals surface area contributed by atoms with E-state index in [2.05, 4.69) is 332 Å². The van der Waals surface area contributed by atoms with E-state index in [1.807, 2.05) is 0 Å². The predicted molar refractivity (Wildman–Crippen MR) is 395 cm³/mol. The van der Waals surface area contributed by atoms with Gasteiger partial charge in [-0.25, -0.2) is 0 Å². The Kier molecular flexibility index (Phi) is 11.2. The lowest BCUT2D eigenvalue weighted by molar-refractivity contribution is 0.591. The van der Waals surface area contributed by atoms with E-state index in [4.69, 9.17) is 8.83 Å². The summed E-state index contributed by atoms with van der Waals surface area (Å²) in [5.74, 6) is 0. The largest absolute Gasteiger partial charge is 0.456 e. The van der Waals surface area contributed by atoms with Crippen molar-refractivity contribution in [2.45, 2.75) is 26.2 Å². The molecule has 0 atom stereocenters. The molecular formula is C88H58BN3O2. The van der Waals surface area contributed by atoms with Crippen LogP contribution in [0.4, 0.5) is 17.1 Å². The van der Waals surface area contributed by atoms with E-state index < -0.39 is 0 Å². The molecule has 2 aliphatic heterocycles. The van der Waals surface area contributed by atoms with Crippen LogP contribution in [0.15, 0.2) is 306 Å². The van der Waals surface area contributed by atoms with Gasteiger partial charge in [0.25, 0.3) is 6.71 Å². The Morgan fingerprint density at radius 2 is 0.755 bits per heavy atom. The molecule has 4 aromatic heterocycles. The minimum absolute atomic E-state index is 0.208. The lowest BCUT2D eigenvalue weighted by Gasteiger charge is -2.42. The van der Waals surface area contributed by atoms with Gasteiger partial charge in [-0.05, 0) is 157 Å². The number of aromatic nitrogens is 2. The highest BCUT2D eigenvalue weighted by Gasteiger charge is 2.44. The number of hydrogen-bond donors (Lipinski definition) is 0. The summed E-state index contributed by atoms with van der Waals surface area (Å²) < 4.78 is 18.7. The van der Waals surface area contributed by atoms with Crippen molar-refractivity contribution in [3.8, 4) is 67.0 Å². The van der Waals surface area contributed by atoms with Crippen LogP contribution in [-0.2, 0) is 5.41 Å². The fraction of sp³-hybridized carbons (Fsp3) is 0.0455. The van der Waals surface area contributed by atoms with Crippen LogP contribution in [0.2, 0.25) is 0 Å². The summed E-state index contributed by atoms with van der Waals surface area (Å²) in [5, 5.41) is 9.15. The van der Waals surface area contributed by atoms with Crippen molar-refractivity contribution in [2.24, 2.45) is 0 Å². The van der Waals surface area contributed by atoms with Crippen molar-refractivity contribution in [1.82, 2.24) is 9.13 Å². The molecule has 14 aromatic carbocycles. The van der Waals surface area contributed by atoms with Crippen LogP contribution in [0.3, 0.4) is 0 Å². The zero-order valence-corrected chi connectivity index (χ0v) is 52.0. The number of furan rings is 2. The Morgan fingerprint density at radius 1 is 0.298 bits per heavy atom. The number of benzene rings is 14. The maximum atomic E-state index is 6.83.